The Kier molecular flexibility index (Phi) is 4.49. The molecule has 1 amide bonds. The zero-order valence-electron chi connectivity index (χ0n) is 10.3. The summed E-state index contributed by atoms with van der Waals surface area (Å²) in [6, 6.07) is 10.6. The molecule has 0 unspecified atom stereocenters. The Morgan fingerprint density at radius 3 is 2.79 bits per heavy atom. The zero-order valence-corrected chi connectivity index (χ0v) is 11.0. The van der Waals surface area contributed by atoms with E-state index in [0.29, 0.717) is 23.7 Å². The van der Waals surface area contributed by atoms with E-state index >= 15 is 0 Å². The van der Waals surface area contributed by atoms with Gasteiger partial charge in [-0.05, 0) is 30.3 Å². The molecule has 0 atom stereocenters. The average Bonchev–Trinajstić information content (AvgIpc) is 2.45. The van der Waals surface area contributed by atoms with Gasteiger partial charge in [0.15, 0.2) is 0 Å². The smallest absolute Gasteiger partial charge is 0.259 e. The first kappa shape index (κ1) is 13.5. The van der Waals surface area contributed by atoms with Crippen molar-refractivity contribution in [3.8, 4) is 0 Å². The van der Waals surface area contributed by atoms with Gasteiger partial charge < -0.3 is 10.6 Å². The quantitative estimate of drug-likeness (QED) is 0.932. The van der Waals surface area contributed by atoms with Crippen molar-refractivity contribution < 1.29 is 4.79 Å². The molecule has 0 aliphatic carbocycles. The Balaban J connectivity index is 2.33. The number of halogens is 1. The van der Waals surface area contributed by atoms with Gasteiger partial charge in [0.25, 0.3) is 5.91 Å². The number of nitrogens with two attached hydrogens (primary N) is 1. The predicted molar refractivity (Wildman–Crippen MR) is 76.4 cm³/mol. The Morgan fingerprint density at radius 2 is 2.16 bits per heavy atom. The number of anilines is 1. The summed E-state index contributed by atoms with van der Waals surface area (Å²) >= 11 is 5.96. The third-order valence-corrected chi connectivity index (χ3v) is 2.86. The summed E-state index contributed by atoms with van der Waals surface area (Å²) in [4.78, 5) is 18.0. The number of pyridine rings is 1. The van der Waals surface area contributed by atoms with Gasteiger partial charge in [0.05, 0.1) is 5.56 Å². The van der Waals surface area contributed by atoms with Crippen LogP contribution in [0.3, 0.4) is 0 Å². The third kappa shape index (κ3) is 3.30. The highest BCUT2D eigenvalue weighted by atomic mass is 35.5. The fourth-order valence-corrected chi connectivity index (χ4v) is 1.95. The Labute approximate surface area is 116 Å². The van der Waals surface area contributed by atoms with Crippen molar-refractivity contribution in [3.63, 3.8) is 0 Å². The summed E-state index contributed by atoms with van der Waals surface area (Å²) < 4.78 is 0. The van der Waals surface area contributed by atoms with Crippen LogP contribution in [0, 0.1) is 0 Å². The first-order chi connectivity index (χ1) is 9.22. The van der Waals surface area contributed by atoms with Crippen LogP contribution < -0.4 is 10.6 Å². The van der Waals surface area contributed by atoms with Gasteiger partial charge in [-0.15, -0.1) is 0 Å². The van der Waals surface area contributed by atoms with Crippen molar-refractivity contribution in [1.29, 1.82) is 0 Å². The number of hydrogen-bond donors (Lipinski definition) is 1. The monoisotopic (exact) mass is 275 g/mol. The van der Waals surface area contributed by atoms with Crippen LogP contribution in [-0.4, -0.2) is 24.0 Å². The van der Waals surface area contributed by atoms with Gasteiger partial charge >= 0.3 is 0 Å². The molecule has 2 rings (SSSR count). The molecule has 0 radical (unpaired) electrons. The van der Waals surface area contributed by atoms with Crippen molar-refractivity contribution in [1.82, 2.24) is 4.98 Å². The molecule has 5 heteroatoms. The summed E-state index contributed by atoms with van der Waals surface area (Å²) in [5.74, 6) is -0.138. The summed E-state index contributed by atoms with van der Waals surface area (Å²) in [7, 11) is 0. The van der Waals surface area contributed by atoms with Crippen LogP contribution in [0.4, 0.5) is 5.69 Å². The van der Waals surface area contributed by atoms with Crippen molar-refractivity contribution in [2.24, 2.45) is 5.73 Å². The van der Waals surface area contributed by atoms with Crippen molar-refractivity contribution >= 4 is 23.2 Å². The second-order valence-electron chi connectivity index (χ2n) is 3.97. The molecule has 1 aromatic heterocycles. The van der Waals surface area contributed by atoms with Gasteiger partial charge in [-0.1, -0.05) is 17.7 Å². The number of carbonyl (C=O) groups excluding carboxylic acids is 1. The largest absolute Gasteiger partial charge is 0.329 e. The Hall–Kier alpha value is -1.91. The van der Waals surface area contributed by atoms with Gasteiger partial charge in [-0.25, -0.2) is 0 Å². The molecule has 0 bridgehead atoms. The van der Waals surface area contributed by atoms with Gasteiger partial charge in [-0.3, -0.25) is 9.78 Å². The lowest BCUT2D eigenvalue weighted by molar-refractivity contribution is 0.0987. The zero-order chi connectivity index (χ0) is 13.7. The lowest BCUT2D eigenvalue weighted by Crippen LogP contribution is -2.35. The minimum atomic E-state index is -0.138. The maximum Gasteiger partial charge on any atom is 0.259 e. The molecule has 0 fully saturated rings. The highest BCUT2D eigenvalue weighted by Gasteiger charge is 2.17. The Morgan fingerprint density at radius 1 is 1.32 bits per heavy atom. The van der Waals surface area contributed by atoms with Crippen LogP contribution in [0.2, 0.25) is 5.02 Å². The van der Waals surface area contributed by atoms with Gasteiger partial charge in [0.2, 0.25) is 0 Å². The molecule has 2 aromatic rings. The first-order valence-electron chi connectivity index (χ1n) is 5.90. The van der Waals surface area contributed by atoms with Crippen LogP contribution >= 0.6 is 11.6 Å². The number of amides is 1. The second-order valence-corrected chi connectivity index (χ2v) is 4.40. The molecule has 98 valence electrons. The Bertz CT molecular complexity index is 560. The summed E-state index contributed by atoms with van der Waals surface area (Å²) in [6.07, 6.45) is 3.17. The fourth-order valence-electron chi connectivity index (χ4n) is 1.77. The van der Waals surface area contributed by atoms with E-state index in [1.165, 1.54) is 6.20 Å². The lowest BCUT2D eigenvalue weighted by Gasteiger charge is -2.22. The van der Waals surface area contributed by atoms with Crippen LogP contribution in [0.25, 0.3) is 0 Å². The highest BCUT2D eigenvalue weighted by Crippen LogP contribution is 2.21. The van der Waals surface area contributed by atoms with Crippen molar-refractivity contribution in [2.45, 2.75) is 0 Å². The van der Waals surface area contributed by atoms with E-state index in [1.807, 2.05) is 6.07 Å². The standard InChI is InChI=1S/C14H14ClN3O/c15-12-4-1-5-13(9-12)18(8-6-16)14(19)11-3-2-7-17-10-11/h1-5,7,9-10H,6,8,16H2. The molecule has 0 aliphatic rings. The molecular weight excluding hydrogens is 262 g/mol. The number of nitrogens with zero attached hydrogens (tertiary/aromatic N) is 2. The van der Waals surface area contributed by atoms with E-state index in [1.54, 1.807) is 41.4 Å². The second kappa shape index (κ2) is 6.31. The molecular formula is C14H14ClN3O. The normalized spacial score (nSPS) is 10.2. The van der Waals surface area contributed by atoms with Crippen LogP contribution in [0.15, 0.2) is 48.8 Å². The SMILES string of the molecule is NCCN(C(=O)c1cccnc1)c1cccc(Cl)c1. The number of carbonyl (C=O) groups is 1. The molecule has 4 nitrogen and oxygen atoms in total. The summed E-state index contributed by atoms with van der Waals surface area (Å²) in [5.41, 5.74) is 6.83. The van der Waals surface area contributed by atoms with Crippen molar-refractivity contribution in [2.75, 3.05) is 18.0 Å². The van der Waals surface area contributed by atoms with E-state index in [0.717, 1.165) is 5.69 Å². The minimum absolute atomic E-state index is 0.138. The van der Waals surface area contributed by atoms with Gasteiger partial charge in [-0.2, -0.15) is 0 Å². The number of hydrogen-bond acceptors (Lipinski definition) is 3. The van der Waals surface area contributed by atoms with Crippen LogP contribution in [-0.2, 0) is 0 Å². The fraction of sp³-hybridized carbons (Fsp3) is 0.143. The molecule has 2 N–H and O–H groups in total. The number of aromatic nitrogens is 1. The number of rotatable bonds is 4. The van der Waals surface area contributed by atoms with Crippen molar-refractivity contribution in [3.05, 3.63) is 59.4 Å². The predicted octanol–water partition coefficient (Wildman–Crippen LogP) is 2.34. The minimum Gasteiger partial charge on any atom is -0.329 e. The lowest BCUT2D eigenvalue weighted by atomic mass is 10.2. The van der Waals surface area contributed by atoms with Gasteiger partial charge in [0.1, 0.15) is 0 Å². The molecule has 0 aliphatic heterocycles. The average molecular weight is 276 g/mol. The summed E-state index contributed by atoms with van der Waals surface area (Å²) in [5, 5.41) is 0.582. The molecule has 19 heavy (non-hydrogen) atoms. The van der Waals surface area contributed by atoms with E-state index in [-0.39, 0.29) is 5.91 Å². The number of benzene rings is 1. The molecule has 0 spiro atoms. The van der Waals surface area contributed by atoms with Gasteiger partial charge in [0, 0.05) is 36.2 Å². The maximum absolute atomic E-state index is 12.4. The third-order valence-electron chi connectivity index (χ3n) is 2.63. The molecule has 0 saturated carbocycles. The molecule has 0 saturated heterocycles. The molecule has 1 heterocycles. The maximum atomic E-state index is 12.4. The van der Waals surface area contributed by atoms with E-state index in [2.05, 4.69) is 4.98 Å². The topological polar surface area (TPSA) is 59.2 Å². The van der Waals surface area contributed by atoms with Crippen LogP contribution in [0.5, 0.6) is 0 Å². The van der Waals surface area contributed by atoms with E-state index < -0.39 is 0 Å². The van der Waals surface area contributed by atoms with E-state index in [4.69, 9.17) is 17.3 Å². The molecule has 1 aromatic carbocycles. The van der Waals surface area contributed by atoms with Crippen LogP contribution in [0.1, 0.15) is 10.4 Å². The van der Waals surface area contributed by atoms with E-state index in [9.17, 15) is 4.79 Å². The first-order valence-corrected chi connectivity index (χ1v) is 6.27. The highest BCUT2D eigenvalue weighted by molar-refractivity contribution is 6.31. The summed E-state index contributed by atoms with van der Waals surface area (Å²) in [6.45, 7) is 0.798.